The Morgan fingerprint density at radius 3 is 2.74 bits per heavy atom. The fourth-order valence-electron chi connectivity index (χ4n) is 3.04. The van der Waals surface area contributed by atoms with E-state index in [-0.39, 0.29) is 6.04 Å². The Morgan fingerprint density at radius 1 is 1.30 bits per heavy atom. The zero-order chi connectivity index (χ0) is 19.6. The lowest BCUT2D eigenvalue weighted by Crippen LogP contribution is -2.63. The number of ether oxygens (including phenoxy) is 1. The Hall–Kier alpha value is -3.06. The highest BCUT2D eigenvalue weighted by Gasteiger charge is 2.52. The molecule has 0 fully saturated rings. The second-order valence-corrected chi connectivity index (χ2v) is 6.47. The Labute approximate surface area is 157 Å². The summed E-state index contributed by atoms with van der Waals surface area (Å²) in [4.78, 5) is 27.0. The van der Waals surface area contributed by atoms with Crippen molar-refractivity contribution in [2.75, 3.05) is 17.3 Å². The van der Waals surface area contributed by atoms with Crippen molar-refractivity contribution in [2.24, 2.45) is 0 Å². The quantitative estimate of drug-likeness (QED) is 0.756. The number of carbonyl (C=O) groups excluding carboxylic acids is 2. The summed E-state index contributed by atoms with van der Waals surface area (Å²) < 4.78 is 5.22. The van der Waals surface area contributed by atoms with Gasteiger partial charge in [0.05, 0.1) is 18.5 Å². The van der Waals surface area contributed by atoms with E-state index < -0.39 is 17.7 Å². The molecule has 0 saturated heterocycles. The molecular formula is C20H23N3O4. The summed E-state index contributed by atoms with van der Waals surface area (Å²) in [6.45, 7) is 3.77. The fraction of sp³-hybridized carbons (Fsp3) is 0.300. The lowest BCUT2D eigenvalue weighted by Gasteiger charge is -2.43. The molecule has 0 radical (unpaired) electrons. The number of hydrogen-bond donors (Lipinski definition) is 3. The van der Waals surface area contributed by atoms with Crippen molar-refractivity contribution < 1.29 is 19.4 Å². The van der Waals surface area contributed by atoms with Gasteiger partial charge < -0.3 is 20.5 Å². The van der Waals surface area contributed by atoms with Gasteiger partial charge >= 0.3 is 6.03 Å². The van der Waals surface area contributed by atoms with Crippen LogP contribution in [0, 0.1) is 0 Å². The van der Waals surface area contributed by atoms with Crippen molar-refractivity contribution in [1.29, 1.82) is 0 Å². The van der Waals surface area contributed by atoms with Crippen LogP contribution in [0.3, 0.4) is 0 Å². The van der Waals surface area contributed by atoms with Crippen LogP contribution in [0.2, 0.25) is 0 Å². The third-order valence-electron chi connectivity index (χ3n) is 4.69. The van der Waals surface area contributed by atoms with E-state index in [9.17, 15) is 14.7 Å². The van der Waals surface area contributed by atoms with E-state index in [2.05, 4.69) is 10.6 Å². The highest BCUT2D eigenvalue weighted by Crippen LogP contribution is 2.40. The molecule has 1 aliphatic rings. The smallest absolute Gasteiger partial charge is 0.329 e. The number of aliphatic hydroxyl groups is 1. The molecule has 0 spiro atoms. The molecule has 2 aromatic carbocycles. The van der Waals surface area contributed by atoms with E-state index >= 15 is 0 Å². The minimum atomic E-state index is -2.20. The molecule has 2 aromatic rings. The maximum atomic E-state index is 13.1. The van der Waals surface area contributed by atoms with E-state index in [1.54, 1.807) is 48.5 Å². The van der Waals surface area contributed by atoms with Crippen LogP contribution in [0.4, 0.5) is 16.2 Å². The summed E-state index contributed by atoms with van der Waals surface area (Å²) in [6, 6.07) is 12.6. The van der Waals surface area contributed by atoms with Crippen LogP contribution in [-0.2, 0) is 10.5 Å². The molecule has 7 heteroatoms. The van der Waals surface area contributed by atoms with E-state index in [1.165, 1.54) is 7.11 Å². The van der Waals surface area contributed by atoms with E-state index in [1.807, 2.05) is 13.8 Å². The normalized spacial score (nSPS) is 19.7. The second-order valence-electron chi connectivity index (χ2n) is 6.47. The molecule has 1 heterocycles. The molecule has 142 valence electrons. The highest BCUT2D eigenvalue weighted by atomic mass is 16.5. The second kappa shape index (κ2) is 7.28. The third-order valence-corrected chi connectivity index (χ3v) is 4.69. The van der Waals surface area contributed by atoms with Gasteiger partial charge in [-0.3, -0.25) is 9.69 Å². The Bertz CT molecular complexity index is 870. The number of amides is 3. The van der Waals surface area contributed by atoms with Crippen LogP contribution >= 0.6 is 0 Å². The standard InChI is InChI=1S/C20H23N3O4/c1-4-13(2)21-18(24)20(26)16-10-5-6-11-17(16)22-19(25)23(20)14-8-7-9-15(12-14)27-3/h5-13,26H,4H2,1-3H3,(H,21,24)(H,22,25)/t13-,20+/m0/s1. The molecule has 2 atom stereocenters. The minimum Gasteiger partial charge on any atom is -0.497 e. The van der Waals surface area contributed by atoms with Crippen LogP contribution in [0.25, 0.3) is 0 Å². The van der Waals surface area contributed by atoms with Crippen LogP contribution in [0.15, 0.2) is 48.5 Å². The number of hydrogen-bond acceptors (Lipinski definition) is 4. The molecule has 3 amide bonds. The van der Waals surface area contributed by atoms with Crippen molar-refractivity contribution in [2.45, 2.75) is 32.0 Å². The first-order chi connectivity index (χ1) is 12.9. The van der Waals surface area contributed by atoms with Crippen molar-refractivity contribution >= 4 is 23.3 Å². The largest absolute Gasteiger partial charge is 0.497 e. The highest BCUT2D eigenvalue weighted by molar-refractivity contribution is 6.11. The number of urea groups is 1. The topological polar surface area (TPSA) is 90.9 Å². The van der Waals surface area contributed by atoms with Gasteiger partial charge in [0.25, 0.3) is 11.6 Å². The SMILES string of the molecule is CC[C@H](C)NC(=O)[C@]1(O)c2ccccc2NC(=O)N1c1cccc(OC)c1. The summed E-state index contributed by atoms with van der Waals surface area (Å²) in [6.07, 6.45) is 0.689. The Morgan fingerprint density at radius 2 is 2.04 bits per heavy atom. The van der Waals surface area contributed by atoms with Crippen molar-refractivity contribution in [3.8, 4) is 5.75 Å². The van der Waals surface area contributed by atoms with Gasteiger partial charge in [0.2, 0.25) is 0 Å². The Kier molecular flexibility index (Phi) is 5.05. The molecule has 0 aromatic heterocycles. The van der Waals surface area contributed by atoms with Gasteiger partial charge in [-0.2, -0.15) is 0 Å². The summed E-state index contributed by atoms with van der Waals surface area (Å²) in [7, 11) is 1.51. The van der Waals surface area contributed by atoms with Crippen molar-refractivity contribution in [3.05, 3.63) is 54.1 Å². The number of benzene rings is 2. The summed E-state index contributed by atoms with van der Waals surface area (Å²) in [5.74, 6) is -0.161. The predicted molar refractivity (Wildman–Crippen MR) is 103 cm³/mol. The van der Waals surface area contributed by atoms with Gasteiger partial charge in [-0.25, -0.2) is 4.79 Å². The monoisotopic (exact) mass is 369 g/mol. The molecule has 0 unspecified atom stereocenters. The number of rotatable bonds is 5. The summed E-state index contributed by atoms with van der Waals surface area (Å²) in [5, 5.41) is 17.1. The molecule has 0 bridgehead atoms. The predicted octanol–water partition coefficient (Wildman–Crippen LogP) is 2.81. The summed E-state index contributed by atoms with van der Waals surface area (Å²) in [5.41, 5.74) is -1.17. The van der Waals surface area contributed by atoms with Gasteiger partial charge in [0, 0.05) is 17.7 Å². The lowest BCUT2D eigenvalue weighted by atomic mass is 9.94. The van der Waals surface area contributed by atoms with E-state index in [0.29, 0.717) is 29.1 Å². The van der Waals surface area contributed by atoms with Gasteiger partial charge in [-0.15, -0.1) is 0 Å². The van der Waals surface area contributed by atoms with Crippen LogP contribution in [-0.4, -0.2) is 30.2 Å². The first-order valence-corrected chi connectivity index (χ1v) is 8.80. The lowest BCUT2D eigenvalue weighted by molar-refractivity contribution is -0.140. The van der Waals surface area contributed by atoms with Crippen LogP contribution in [0.1, 0.15) is 25.8 Å². The number of para-hydroxylation sites is 1. The molecular weight excluding hydrogens is 346 g/mol. The van der Waals surface area contributed by atoms with Gasteiger partial charge in [0.15, 0.2) is 0 Å². The van der Waals surface area contributed by atoms with Crippen LogP contribution in [0.5, 0.6) is 5.75 Å². The van der Waals surface area contributed by atoms with E-state index in [4.69, 9.17) is 4.74 Å². The summed E-state index contributed by atoms with van der Waals surface area (Å²) >= 11 is 0. The number of nitrogens with one attached hydrogen (secondary N) is 2. The molecule has 27 heavy (non-hydrogen) atoms. The van der Waals surface area contributed by atoms with Gasteiger partial charge in [-0.05, 0) is 31.5 Å². The average molecular weight is 369 g/mol. The minimum absolute atomic E-state index is 0.161. The molecule has 3 N–H and O–H groups in total. The van der Waals surface area contributed by atoms with Gasteiger partial charge in [-0.1, -0.05) is 31.2 Å². The molecule has 3 rings (SSSR count). The average Bonchev–Trinajstić information content (AvgIpc) is 2.67. The maximum absolute atomic E-state index is 13.1. The zero-order valence-electron chi connectivity index (χ0n) is 15.5. The number of fused-ring (bicyclic) bond motifs is 1. The zero-order valence-corrected chi connectivity index (χ0v) is 15.5. The third kappa shape index (κ3) is 3.21. The number of methoxy groups -OCH3 is 1. The van der Waals surface area contributed by atoms with Crippen molar-refractivity contribution in [3.63, 3.8) is 0 Å². The van der Waals surface area contributed by atoms with Crippen molar-refractivity contribution in [1.82, 2.24) is 5.32 Å². The number of anilines is 2. The number of nitrogens with zero attached hydrogens (tertiary/aromatic N) is 1. The molecule has 1 aliphatic heterocycles. The molecule has 0 saturated carbocycles. The van der Waals surface area contributed by atoms with E-state index in [0.717, 1.165) is 4.90 Å². The maximum Gasteiger partial charge on any atom is 0.329 e. The molecule has 0 aliphatic carbocycles. The van der Waals surface area contributed by atoms with Crippen LogP contribution < -0.4 is 20.3 Å². The Balaban J connectivity index is 2.17. The first kappa shape index (κ1) is 18.7. The molecule has 7 nitrogen and oxygen atoms in total. The van der Waals surface area contributed by atoms with Gasteiger partial charge in [0.1, 0.15) is 5.75 Å². The first-order valence-electron chi connectivity index (χ1n) is 8.80. The number of carbonyl (C=O) groups is 2. The fourth-order valence-corrected chi connectivity index (χ4v) is 3.04.